The standard InChI is InChI=1S/C15H16N4O5/c1-23-15(6-7-24-9-15)13(20)18-14-16-8-12(17-14)10-2-4-11(5-3-10)19(21)22/h2-5,8H,6-7,9H2,1H3,(H2,16,17,18,20). The SMILES string of the molecule is COC1(C(=O)Nc2ncc(-c3ccc([N+](=O)[O-])cc3)[nH]2)CCOC1. The number of nitro groups is 1. The molecule has 1 unspecified atom stereocenters. The molecule has 9 nitrogen and oxygen atoms in total. The summed E-state index contributed by atoms with van der Waals surface area (Å²) in [5.41, 5.74) is 0.365. The Labute approximate surface area is 137 Å². The quantitative estimate of drug-likeness (QED) is 0.635. The highest BCUT2D eigenvalue weighted by Crippen LogP contribution is 2.25. The number of nitrogens with zero attached hydrogens (tertiary/aromatic N) is 2. The normalized spacial score (nSPS) is 20.0. The van der Waals surface area contributed by atoms with E-state index in [1.165, 1.54) is 19.2 Å². The van der Waals surface area contributed by atoms with Crippen LogP contribution in [0.3, 0.4) is 0 Å². The number of nitro benzene ring substituents is 1. The van der Waals surface area contributed by atoms with Crippen molar-refractivity contribution in [3.8, 4) is 11.3 Å². The zero-order chi connectivity index (χ0) is 17.2. The number of ether oxygens (including phenoxy) is 2. The minimum atomic E-state index is -1.000. The molecular formula is C15H16N4O5. The third-order valence-corrected chi connectivity index (χ3v) is 3.99. The number of hydrogen-bond donors (Lipinski definition) is 2. The van der Waals surface area contributed by atoms with E-state index in [9.17, 15) is 14.9 Å². The Balaban J connectivity index is 1.73. The van der Waals surface area contributed by atoms with Crippen LogP contribution in [0.5, 0.6) is 0 Å². The van der Waals surface area contributed by atoms with Gasteiger partial charge in [0.15, 0.2) is 5.60 Å². The molecule has 0 saturated carbocycles. The summed E-state index contributed by atoms with van der Waals surface area (Å²) in [7, 11) is 1.47. The second kappa shape index (κ2) is 6.38. The van der Waals surface area contributed by atoms with Crippen LogP contribution in [0.15, 0.2) is 30.5 Å². The van der Waals surface area contributed by atoms with E-state index in [2.05, 4.69) is 15.3 Å². The van der Waals surface area contributed by atoms with Crippen LogP contribution in [-0.4, -0.2) is 46.7 Å². The number of anilines is 1. The minimum absolute atomic E-state index is 0.00932. The Morgan fingerprint density at radius 2 is 2.21 bits per heavy atom. The molecule has 1 saturated heterocycles. The van der Waals surface area contributed by atoms with Crippen LogP contribution < -0.4 is 5.32 Å². The average molecular weight is 332 g/mol. The average Bonchev–Trinajstić information content (AvgIpc) is 3.25. The topological polar surface area (TPSA) is 119 Å². The highest BCUT2D eigenvalue weighted by atomic mass is 16.6. The molecule has 3 rings (SSSR count). The predicted molar refractivity (Wildman–Crippen MR) is 84.5 cm³/mol. The van der Waals surface area contributed by atoms with E-state index < -0.39 is 10.5 Å². The number of amides is 1. The lowest BCUT2D eigenvalue weighted by molar-refractivity contribution is -0.384. The molecule has 1 atom stereocenters. The van der Waals surface area contributed by atoms with Crippen molar-refractivity contribution in [3.63, 3.8) is 0 Å². The smallest absolute Gasteiger partial charge is 0.269 e. The number of hydrogen-bond acceptors (Lipinski definition) is 6. The molecule has 0 aliphatic carbocycles. The number of nitrogens with one attached hydrogen (secondary N) is 2. The number of benzene rings is 1. The fourth-order valence-corrected chi connectivity index (χ4v) is 2.49. The largest absolute Gasteiger partial charge is 0.378 e. The van der Waals surface area contributed by atoms with Crippen LogP contribution in [0, 0.1) is 10.1 Å². The molecule has 1 aliphatic rings. The second-order valence-electron chi connectivity index (χ2n) is 5.40. The van der Waals surface area contributed by atoms with Crippen molar-refractivity contribution in [1.29, 1.82) is 0 Å². The summed E-state index contributed by atoms with van der Waals surface area (Å²) in [5.74, 6) is -0.0521. The first-order chi connectivity index (χ1) is 11.5. The summed E-state index contributed by atoms with van der Waals surface area (Å²) in [4.78, 5) is 29.7. The minimum Gasteiger partial charge on any atom is -0.378 e. The summed E-state index contributed by atoms with van der Waals surface area (Å²) in [6.45, 7) is 0.665. The lowest BCUT2D eigenvalue weighted by atomic mass is 10.0. The van der Waals surface area contributed by atoms with Crippen molar-refractivity contribution >= 4 is 17.5 Å². The van der Waals surface area contributed by atoms with Crippen LogP contribution in [-0.2, 0) is 14.3 Å². The van der Waals surface area contributed by atoms with Gasteiger partial charge in [-0.15, -0.1) is 0 Å². The third-order valence-electron chi connectivity index (χ3n) is 3.99. The number of imidazole rings is 1. The first-order valence-electron chi connectivity index (χ1n) is 7.28. The summed E-state index contributed by atoms with van der Waals surface area (Å²) in [5, 5.41) is 13.4. The molecule has 1 fully saturated rings. The first-order valence-corrected chi connectivity index (χ1v) is 7.28. The summed E-state index contributed by atoms with van der Waals surface area (Å²) in [6.07, 6.45) is 2.02. The van der Waals surface area contributed by atoms with Crippen LogP contribution in [0.4, 0.5) is 11.6 Å². The van der Waals surface area contributed by atoms with Crippen molar-refractivity contribution in [2.45, 2.75) is 12.0 Å². The molecular weight excluding hydrogens is 316 g/mol. The Kier molecular flexibility index (Phi) is 4.28. The highest BCUT2D eigenvalue weighted by Gasteiger charge is 2.43. The van der Waals surface area contributed by atoms with E-state index in [0.717, 1.165) is 5.56 Å². The zero-order valence-electron chi connectivity index (χ0n) is 12.9. The van der Waals surface area contributed by atoms with Gasteiger partial charge in [-0.25, -0.2) is 4.98 Å². The van der Waals surface area contributed by atoms with Gasteiger partial charge in [-0.05, 0) is 12.1 Å². The number of H-pyrrole nitrogens is 1. The van der Waals surface area contributed by atoms with Gasteiger partial charge >= 0.3 is 0 Å². The van der Waals surface area contributed by atoms with Gasteiger partial charge in [-0.2, -0.15) is 0 Å². The zero-order valence-corrected chi connectivity index (χ0v) is 12.9. The van der Waals surface area contributed by atoms with Crippen LogP contribution in [0.25, 0.3) is 11.3 Å². The van der Waals surface area contributed by atoms with E-state index in [4.69, 9.17) is 9.47 Å². The number of non-ortho nitro benzene ring substituents is 1. The van der Waals surface area contributed by atoms with E-state index in [1.54, 1.807) is 18.3 Å². The number of carbonyl (C=O) groups is 1. The second-order valence-corrected chi connectivity index (χ2v) is 5.40. The number of aromatic amines is 1. The number of methoxy groups -OCH3 is 1. The first kappa shape index (κ1) is 16.1. The molecule has 1 aromatic heterocycles. The molecule has 1 aromatic carbocycles. The van der Waals surface area contributed by atoms with Gasteiger partial charge in [0.05, 0.1) is 30.0 Å². The lowest BCUT2D eigenvalue weighted by Gasteiger charge is -2.23. The van der Waals surface area contributed by atoms with E-state index in [0.29, 0.717) is 18.7 Å². The molecule has 0 bridgehead atoms. The summed E-state index contributed by atoms with van der Waals surface area (Å²) < 4.78 is 10.6. The highest BCUT2D eigenvalue weighted by molar-refractivity contribution is 5.96. The van der Waals surface area contributed by atoms with Crippen LogP contribution in [0.2, 0.25) is 0 Å². The Morgan fingerprint density at radius 3 is 2.79 bits per heavy atom. The summed E-state index contributed by atoms with van der Waals surface area (Å²) in [6, 6.07) is 6.03. The predicted octanol–water partition coefficient (Wildman–Crippen LogP) is 1.73. The number of rotatable bonds is 5. The summed E-state index contributed by atoms with van der Waals surface area (Å²) >= 11 is 0. The maximum absolute atomic E-state index is 12.4. The molecule has 2 N–H and O–H groups in total. The van der Waals surface area contributed by atoms with Crippen molar-refractivity contribution in [1.82, 2.24) is 9.97 Å². The van der Waals surface area contributed by atoms with Crippen molar-refractivity contribution in [3.05, 3.63) is 40.6 Å². The van der Waals surface area contributed by atoms with Crippen molar-refractivity contribution < 1.29 is 19.2 Å². The Hall–Kier alpha value is -2.78. The molecule has 0 spiro atoms. The van der Waals surface area contributed by atoms with E-state index in [1.807, 2.05) is 0 Å². The Bertz CT molecular complexity index is 749. The number of aromatic nitrogens is 2. The van der Waals surface area contributed by atoms with Gasteiger partial charge in [-0.1, -0.05) is 0 Å². The van der Waals surface area contributed by atoms with Crippen molar-refractivity contribution in [2.24, 2.45) is 0 Å². The van der Waals surface area contributed by atoms with Gasteiger partial charge in [0, 0.05) is 31.2 Å². The van der Waals surface area contributed by atoms with Crippen LogP contribution >= 0.6 is 0 Å². The maximum Gasteiger partial charge on any atom is 0.269 e. The molecule has 1 amide bonds. The molecule has 9 heteroatoms. The fourth-order valence-electron chi connectivity index (χ4n) is 2.49. The van der Waals surface area contributed by atoms with Gasteiger partial charge in [0.2, 0.25) is 5.95 Å². The molecule has 24 heavy (non-hydrogen) atoms. The fraction of sp³-hybridized carbons (Fsp3) is 0.333. The molecule has 2 aromatic rings. The Morgan fingerprint density at radius 1 is 1.46 bits per heavy atom. The molecule has 126 valence electrons. The maximum atomic E-state index is 12.4. The van der Waals surface area contributed by atoms with Gasteiger partial charge in [-0.3, -0.25) is 20.2 Å². The van der Waals surface area contributed by atoms with E-state index in [-0.39, 0.29) is 24.1 Å². The lowest BCUT2D eigenvalue weighted by Crippen LogP contribution is -2.45. The molecule has 1 aliphatic heterocycles. The van der Waals surface area contributed by atoms with Crippen LogP contribution in [0.1, 0.15) is 6.42 Å². The van der Waals surface area contributed by atoms with E-state index >= 15 is 0 Å². The van der Waals surface area contributed by atoms with Gasteiger partial charge in [0.1, 0.15) is 0 Å². The molecule has 0 radical (unpaired) electrons. The van der Waals surface area contributed by atoms with Crippen molar-refractivity contribution in [2.75, 3.05) is 25.6 Å². The monoisotopic (exact) mass is 332 g/mol. The van der Waals surface area contributed by atoms with Gasteiger partial charge < -0.3 is 14.5 Å². The molecule has 2 heterocycles. The third kappa shape index (κ3) is 2.99. The van der Waals surface area contributed by atoms with Gasteiger partial charge in [0.25, 0.3) is 11.6 Å². The number of carbonyl (C=O) groups excluding carboxylic acids is 1.